The van der Waals surface area contributed by atoms with Gasteiger partial charge >= 0.3 is 0 Å². The second-order valence-corrected chi connectivity index (χ2v) is 17.1. The van der Waals surface area contributed by atoms with Gasteiger partial charge in [0.15, 0.2) is 0 Å². The van der Waals surface area contributed by atoms with Gasteiger partial charge in [-0.2, -0.15) is 0 Å². The smallest absolute Gasteiger partial charge is 0.293 e. The maximum atomic E-state index is 12.0. The van der Waals surface area contributed by atoms with Crippen LogP contribution in [-0.2, 0) is 4.74 Å². The Morgan fingerprint density at radius 3 is 2.51 bits per heavy atom. The van der Waals surface area contributed by atoms with Crippen LogP contribution in [0.2, 0.25) is 5.02 Å². The Balaban J connectivity index is 0.936. The monoisotopic (exact) mass is 784 g/mol. The van der Waals surface area contributed by atoms with E-state index in [0.717, 1.165) is 111 Å². The molecule has 3 heterocycles. The summed E-state index contributed by atoms with van der Waals surface area (Å²) in [4.78, 5) is 29.0. The number of benzene rings is 3. The number of aromatic nitrogens is 2. The molecule has 2 aliphatic heterocycles. The number of halogens is 1. The summed E-state index contributed by atoms with van der Waals surface area (Å²) in [5, 5.41) is 17.0. The molecule has 292 valence electrons. The van der Waals surface area contributed by atoms with Gasteiger partial charge in [0.2, 0.25) is 0 Å². The van der Waals surface area contributed by atoms with Gasteiger partial charge in [0.05, 0.1) is 16.5 Å². The average Bonchev–Trinajstić information content (AvgIpc) is 3.19. The van der Waals surface area contributed by atoms with Crippen LogP contribution in [-0.4, -0.2) is 96.8 Å². The second-order valence-electron chi connectivity index (χ2n) is 15.8. The number of nitro groups is 1. The lowest BCUT2D eigenvalue weighted by molar-refractivity contribution is -0.384. The van der Waals surface area contributed by atoms with Gasteiger partial charge in [-0.05, 0) is 116 Å². The molecule has 3 aliphatic rings. The van der Waals surface area contributed by atoms with E-state index in [1.54, 1.807) is 31.1 Å². The molecule has 0 bridgehead atoms. The lowest BCUT2D eigenvalue weighted by Crippen LogP contribution is -2.47. The van der Waals surface area contributed by atoms with Gasteiger partial charge in [-0.15, -0.1) is 0 Å². The molecule has 3 aromatic carbocycles. The number of hydrogen-bond acceptors (Lipinski definition) is 11. The molecule has 0 radical (unpaired) electrons. The number of allylic oxidation sites excluding steroid dienone is 1. The summed E-state index contributed by atoms with van der Waals surface area (Å²) in [5.74, 6) is 0.672. The SMILES string of the molecule is COC1CCN(CCCNc2ccc(SNc3ncnc4cc(N5CCN(CC6=C(c7ccc(Cl)cc7)CCC(C)(C)C6)CC5)ccc34)cc2[N+](=O)[O-])CC1. The van der Waals surface area contributed by atoms with Crippen molar-refractivity contribution in [1.82, 2.24) is 19.8 Å². The first kappa shape index (κ1) is 39.3. The molecule has 2 fully saturated rings. The van der Waals surface area contributed by atoms with Gasteiger partial charge < -0.3 is 24.6 Å². The Kier molecular flexibility index (Phi) is 12.8. The van der Waals surface area contributed by atoms with E-state index in [1.807, 2.05) is 18.2 Å². The van der Waals surface area contributed by atoms with Crippen LogP contribution in [0.15, 0.2) is 77.5 Å². The number of piperazine rings is 1. The highest BCUT2D eigenvalue weighted by atomic mass is 35.5. The largest absolute Gasteiger partial charge is 0.381 e. The molecule has 13 heteroatoms. The summed E-state index contributed by atoms with van der Waals surface area (Å²) in [5.41, 5.74) is 7.29. The summed E-state index contributed by atoms with van der Waals surface area (Å²) in [6, 6.07) is 20.0. The predicted molar refractivity (Wildman–Crippen MR) is 226 cm³/mol. The average molecular weight is 785 g/mol. The van der Waals surface area contributed by atoms with Crippen molar-refractivity contribution in [3.05, 3.63) is 93.3 Å². The van der Waals surface area contributed by atoms with Crippen molar-refractivity contribution in [2.24, 2.45) is 5.41 Å². The molecule has 11 nitrogen and oxygen atoms in total. The summed E-state index contributed by atoms with van der Waals surface area (Å²) in [7, 11) is 1.78. The van der Waals surface area contributed by atoms with Crippen LogP contribution >= 0.6 is 23.5 Å². The van der Waals surface area contributed by atoms with E-state index >= 15 is 0 Å². The minimum atomic E-state index is -0.323. The minimum absolute atomic E-state index is 0.0614. The topological polar surface area (TPSA) is 112 Å². The van der Waals surface area contributed by atoms with E-state index < -0.39 is 0 Å². The third-order valence-corrected chi connectivity index (χ3v) is 12.4. The standard InChI is InChI=1S/C42H53ClN8O3S/c1-42(2)16-13-36(30-5-7-32(43)8-6-30)31(27-42)28-49-21-23-50(24-22-49)33-9-11-37-39(25-33)45-29-46-41(37)47-55-35-10-12-38(40(26-35)51(52)53)44-17-4-18-48-19-14-34(54-3)15-20-48/h5-12,25-26,29,34,44H,4,13-24,27-28H2,1-3H3,(H,45,46,47). The number of hydrogen-bond donors (Lipinski definition) is 2. The van der Waals surface area contributed by atoms with Gasteiger partial charge in [0, 0.05) is 86.5 Å². The highest BCUT2D eigenvalue weighted by Gasteiger charge is 2.29. The molecular formula is C42H53ClN8O3S. The Morgan fingerprint density at radius 1 is 0.982 bits per heavy atom. The Morgan fingerprint density at radius 2 is 1.76 bits per heavy atom. The number of piperidine rings is 1. The number of ether oxygens (including phenoxy) is 1. The molecule has 4 aromatic rings. The van der Waals surface area contributed by atoms with Crippen LogP contribution in [0.4, 0.5) is 22.9 Å². The van der Waals surface area contributed by atoms with Gasteiger partial charge in [-0.25, -0.2) is 9.97 Å². The molecule has 0 spiro atoms. The zero-order valence-corrected chi connectivity index (χ0v) is 33.8. The highest BCUT2D eigenvalue weighted by molar-refractivity contribution is 8.00. The van der Waals surface area contributed by atoms with Crippen molar-refractivity contribution in [3.63, 3.8) is 0 Å². The Hall–Kier alpha value is -3.94. The first-order chi connectivity index (χ1) is 26.6. The van der Waals surface area contributed by atoms with E-state index in [-0.39, 0.29) is 10.6 Å². The molecule has 0 amide bonds. The number of nitrogens with zero attached hydrogens (tertiary/aromatic N) is 6. The van der Waals surface area contributed by atoms with Gasteiger partial charge in [-0.1, -0.05) is 43.2 Å². The van der Waals surface area contributed by atoms with Gasteiger partial charge in [0.1, 0.15) is 17.8 Å². The van der Waals surface area contributed by atoms with E-state index in [4.69, 9.17) is 16.3 Å². The maximum absolute atomic E-state index is 12.0. The van der Waals surface area contributed by atoms with E-state index in [1.165, 1.54) is 29.5 Å². The summed E-state index contributed by atoms with van der Waals surface area (Å²) < 4.78 is 8.80. The summed E-state index contributed by atoms with van der Waals surface area (Å²) in [6.07, 6.45) is 8.39. The quantitative estimate of drug-likeness (QED) is 0.0553. The lowest BCUT2D eigenvalue weighted by atomic mass is 9.73. The molecule has 55 heavy (non-hydrogen) atoms. The van der Waals surface area contributed by atoms with Crippen molar-refractivity contribution in [1.29, 1.82) is 0 Å². The first-order valence-electron chi connectivity index (χ1n) is 19.5. The molecule has 0 saturated carbocycles. The van der Waals surface area contributed by atoms with Crippen molar-refractivity contribution >= 4 is 62.9 Å². The fraction of sp³-hybridized carbons (Fsp3) is 0.476. The number of anilines is 3. The van der Waals surface area contributed by atoms with Crippen LogP contribution < -0.4 is 14.9 Å². The molecule has 7 rings (SSSR count). The van der Waals surface area contributed by atoms with Crippen molar-refractivity contribution in [3.8, 4) is 0 Å². The van der Waals surface area contributed by atoms with Crippen LogP contribution in [0, 0.1) is 15.5 Å². The van der Waals surface area contributed by atoms with Crippen molar-refractivity contribution in [2.75, 3.05) is 81.0 Å². The zero-order valence-electron chi connectivity index (χ0n) is 32.2. The fourth-order valence-electron chi connectivity index (χ4n) is 8.20. The zero-order chi connectivity index (χ0) is 38.4. The van der Waals surface area contributed by atoms with E-state index in [0.29, 0.717) is 29.6 Å². The lowest BCUT2D eigenvalue weighted by Gasteiger charge is -2.39. The predicted octanol–water partition coefficient (Wildman–Crippen LogP) is 9.01. The van der Waals surface area contributed by atoms with Crippen molar-refractivity contribution < 1.29 is 9.66 Å². The molecule has 2 N–H and O–H groups in total. The number of rotatable bonds is 14. The number of likely N-dealkylation sites (tertiary alicyclic amines) is 1. The molecule has 1 aliphatic carbocycles. The molecule has 2 saturated heterocycles. The Bertz CT molecular complexity index is 1980. The molecule has 0 atom stereocenters. The molecular weight excluding hydrogens is 732 g/mol. The summed E-state index contributed by atoms with van der Waals surface area (Å²) in [6.45, 7) is 13.4. The number of fused-ring (bicyclic) bond motifs is 1. The normalized spacial score (nSPS) is 18.5. The van der Waals surface area contributed by atoms with Crippen LogP contribution in [0.3, 0.4) is 0 Å². The Labute approximate surface area is 334 Å². The fourth-order valence-corrected chi connectivity index (χ4v) is 9.01. The first-order valence-corrected chi connectivity index (χ1v) is 20.7. The van der Waals surface area contributed by atoms with E-state index in [2.05, 4.69) is 78.9 Å². The molecule has 1 aromatic heterocycles. The van der Waals surface area contributed by atoms with Crippen LogP contribution in [0.1, 0.15) is 57.9 Å². The molecule has 0 unspecified atom stereocenters. The van der Waals surface area contributed by atoms with E-state index in [9.17, 15) is 10.1 Å². The number of nitro benzene ring substituents is 1. The second kappa shape index (κ2) is 17.9. The van der Waals surface area contributed by atoms with Crippen molar-refractivity contribution in [2.45, 2.75) is 63.4 Å². The van der Waals surface area contributed by atoms with Crippen LogP contribution in [0.25, 0.3) is 16.5 Å². The number of nitrogens with one attached hydrogen (secondary N) is 2. The van der Waals surface area contributed by atoms with Crippen LogP contribution in [0.5, 0.6) is 0 Å². The number of methoxy groups -OCH3 is 1. The van der Waals surface area contributed by atoms with Gasteiger partial charge in [0.25, 0.3) is 5.69 Å². The maximum Gasteiger partial charge on any atom is 0.293 e. The minimum Gasteiger partial charge on any atom is -0.381 e. The third kappa shape index (κ3) is 10.1. The highest BCUT2D eigenvalue weighted by Crippen LogP contribution is 2.43. The third-order valence-electron chi connectivity index (χ3n) is 11.4. The van der Waals surface area contributed by atoms with Gasteiger partial charge in [-0.3, -0.25) is 15.0 Å². The summed E-state index contributed by atoms with van der Waals surface area (Å²) >= 11 is 7.53.